The molecule has 8 nitrogen and oxygen atoms in total. The van der Waals surface area contributed by atoms with Gasteiger partial charge in [0.2, 0.25) is 10.0 Å². The van der Waals surface area contributed by atoms with E-state index in [1.807, 2.05) is 0 Å². The molecule has 20 heavy (non-hydrogen) atoms. The summed E-state index contributed by atoms with van der Waals surface area (Å²) in [6.07, 6.45) is 1.11. The van der Waals surface area contributed by atoms with Gasteiger partial charge in [-0.3, -0.25) is 4.68 Å². The molecule has 1 saturated heterocycles. The summed E-state index contributed by atoms with van der Waals surface area (Å²) in [6.45, 7) is 4.20. The third kappa shape index (κ3) is 2.52. The summed E-state index contributed by atoms with van der Waals surface area (Å²) in [5.74, 6) is 0. The minimum Gasteiger partial charge on any atom is -0.271 e. The van der Waals surface area contributed by atoms with Gasteiger partial charge in [-0.05, 0) is 32.2 Å². The zero-order chi connectivity index (χ0) is 14.9. The molecule has 2 heterocycles. The van der Waals surface area contributed by atoms with Crippen molar-refractivity contribution in [2.45, 2.75) is 37.6 Å². The van der Waals surface area contributed by atoms with Gasteiger partial charge in [-0.25, -0.2) is 8.42 Å². The first-order chi connectivity index (χ1) is 9.37. The Balaban J connectivity index is 2.26. The van der Waals surface area contributed by atoms with Crippen molar-refractivity contribution in [2.75, 3.05) is 13.1 Å². The predicted molar refractivity (Wildman–Crippen MR) is 73.6 cm³/mol. The first-order valence-electron chi connectivity index (χ1n) is 6.42. The monoisotopic (exact) mass is 298 g/mol. The van der Waals surface area contributed by atoms with Gasteiger partial charge in [0.15, 0.2) is 0 Å². The number of rotatable bonds is 3. The molecule has 0 radical (unpaired) electrons. The van der Waals surface area contributed by atoms with E-state index >= 15 is 0 Å². The summed E-state index contributed by atoms with van der Waals surface area (Å²) in [5, 5.41) is 7.82. The first kappa shape index (κ1) is 14.8. The van der Waals surface area contributed by atoms with Crippen LogP contribution in [-0.4, -0.2) is 41.6 Å². The summed E-state index contributed by atoms with van der Waals surface area (Å²) in [4.78, 5) is 3.07. The van der Waals surface area contributed by atoms with Crippen molar-refractivity contribution in [3.63, 3.8) is 0 Å². The van der Waals surface area contributed by atoms with Crippen LogP contribution in [0.4, 0.5) is 0 Å². The molecule has 2 rings (SSSR count). The van der Waals surface area contributed by atoms with Gasteiger partial charge in [-0.15, -0.1) is 0 Å². The van der Waals surface area contributed by atoms with Gasteiger partial charge >= 0.3 is 0 Å². The molecule has 1 fully saturated rings. The lowest BCUT2D eigenvalue weighted by Crippen LogP contribution is -2.39. The van der Waals surface area contributed by atoms with Crippen molar-refractivity contribution in [3.05, 3.63) is 21.8 Å². The van der Waals surface area contributed by atoms with E-state index in [0.717, 1.165) is 0 Å². The standard InChI is InChI=1S/C11H18N6O2S/c1-8-11(9(2)16(3)14-8)20(18,19)17-6-4-10(5-7-17)13-15-12/h10H,4-7H2,1-3H3. The highest BCUT2D eigenvalue weighted by atomic mass is 32.2. The van der Waals surface area contributed by atoms with Crippen LogP contribution in [0.1, 0.15) is 24.2 Å². The quantitative estimate of drug-likeness (QED) is 0.479. The van der Waals surface area contributed by atoms with Gasteiger partial charge in [0, 0.05) is 31.1 Å². The number of nitrogens with zero attached hydrogens (tertiary/aromatic N) is 6. The molecule has 0 aromatic carbocycles. The fraction of sp³-hybridized carbons (Fsp3) is 0.727. The Hall–Kier alpha value is -1.57. The maximum atomic E-state index is 12.7. The van der Waals surface area contributed by atoms with Gasteiger partial charge in [-0.2, -0.15) is 9.40 Å². The summed E-state index contributed by atoms with van der Waals surface area (Å²) in [7, 11) is -1.79. The Bertz CT molecular complexity index is 651. The molecule has 0 spiro atoms. The molecule has 9 heteroatoms. The second kappa shape index (κ2) is 5.43. The minimum absolute atomic E-state index is 0.109. The largest absolute Gasteiger partial charge is 0.271 e. The summed E-state index contributed by atoms with van der Waals surface area (Å²) < 4.78 is 28.4. The molecule has 110 valence electrons. The molecule has 0 saturated carbocycles. The van der Waals surface area contributed by atoms with Crippen molar-refractivity contribution < 1.29 is 8.42 Å². The molecule has 1 aromatic heterocycles. The Labute approximate surface area is 118 Å². The van der Waals surface area contributed by atoms with Gasteiger partial charge in [-0.1, -0.05) is 5.11 Å². The van der Waals surface area contributed by atoms with Crippen molar-refractivity contribution in [1.82, 2.24) is 14.1 Å². The van der Waals surface area contributed by atoms with Crippen LogP contribution in [0.5, 0.6) is 0 Å². The number of aromatic nitrogens is 2. The number of piperidine rings is 1. The maximum absolute atomic E-state index is 12.7. The number of sulfonamides is 1. The summed E-state index contributed by atoms with van der Waals surface area (Å²) >= 11 is 0. The van der Waals surface area contributed by atoms with E-state index in [1.54, 1.807) is 25.6 Å². The summed E-state index contributed by atoms with van der Waals surface area (Å²) in [6, 6.07) is -0.109. The lowest BCUT2D eigenvalue weighted by atomic mass is 10.1. The van der Waals surface area contributed by atoms with Crippen LogP contribution in [0.25, 0.3) is 10.4 Å². The van der Waals surface area contributed by atoms with Crippen molar-refractivity contribution in [2.24, 2.45) is 12.2 Å². The van der Waals surface area contributed by atoms with Crippen molar-refractivity contribution in [1.29, 1.82) is 0 Å². The normalized spacial score (nSPS) is 17.9. The predicted octanol–water partition coefficient (Wildman–Crippen LogP) is 1.50. The van der Waals surface area contributed by atoms with E-state index in [4.69, 9.17) is 5.53 Å². The van der Waals surface area contributed by atoms with Crippen LogP contribution in [0.3, 0.4) is 0 Å². The highest BCUT2D eigenvalue weighted by Crippen LogP contribution is 2.26. The van der Waals surface area contributed by atoms with Gasteiger partial charge in [0.25, 0.3) is 0 Å². The molecule has 0 atom stereocenters. The van der Waals surface area contributed by atoms with E-state index in [2.05, 4.69) is 15.1 Å². The van der Waals surface area contributed by atoms with E-state index in [0.29, 0.717) is 42.2 Å². The lowest BCUT2D eigenvalue weighted by Gasteiger charge is -2.29. The number of hydrogen-bond donors (Lipinski definition) is 0. The first-order valence-corrected chi connectivity index (χ1v) is 7.86. The Morgan fingerprint density at radius 2 is 1.95 bits per heavy atom. The Morgan fingerprint density at radius 1 is 1.35 bits per heavy atom. The fourth-order valence-electron chi connectivity index (χ4n) is 2.53. The Kier molecular flexibility index (Phi) is 4.03. The smallest absolute Gasteiger partial charge is 0.246 e. The molecular formula is C11H18N6O2S. The number of hydrogen-bond acceptors (Lipinski definition) is 4. The van der Waals surface area contributed by atoms with Crippen LogP contribution in [0.15, 0.2) is 10.0 Å². The topological polar surface area (TPSA) is 104 Å². The fourth-order valence-corrected chi connectivity index (χ4v) is 4.40. The average Bonchev–Trinajstić information content (AvgIpc) is 2.64. The SMILES string of the molecule is Cc1nn(C)c(C)c1S(=O)(=O)N1CCC(N=[N+]=[N-])CC1. The molecule has 0 aliphatic carbocycles. The third-order valence-corrected chi connectivity index (χ3v) is 5.83. The van der Waals surface area contributed by atoms with Crippen LogP contribution in [0, 0.1) is 13.8 Å². The molecule has 1 aliphatic rings. The third-order valence-electron chi connectivity index (χ3n) is 3.68. The molecule has 0 bridgehead atoms. The second-order valence-corrected chi connectivity index (χ2v) is 6.84. The van der Waals surface area contributed by atoms with Gasteiger partial charge < -0.3 is 0 Å². The maximum Gasteiger partial charge on any atom is 0.246 e. The van der Waals surface area contributed by atoms with Gasteiger partial charge in [0.1, 0.15) is 4.90 Å². The number of aryl methyl sites for hydroxylation is 2. The zero-order valence-corrected chi connectivity index (χ0v) is 12.6. The van der Waals surface area contributed by atoms with E-state index in [1.165, 1.54) is 4.31 Å². The molecule has 0 unspecified atom stereocenters. The van der Waals surface area contributed by atoms with Crippen LogP contribution in [-0.2, 0) is 17.1 Å². The molecule has 1 aliphatic heterocycles. The highest BCUT2D eigenvalue weighted by molar-refractivity contribution is 7.89. The molecule has 1 aromatic rings. The zero-order valence-electron chi connectivity index (χ0n) is 11.8. The minimum atomic E-state index is -3.53. The average molecular weight is 298 g/mol. The number of azide groups is 1. The van der Waals surface area contributed by atoms with E-state index < -0.39 is 10.0 Å². The second-order valence-electron chi connectivity index (χ2n) is 4.96. The van der Waals surface area contributed by atoms with Crippen LogP contribution >= 0.6 is 0 Å². The lowest BCUT2D eigenvalue weighted by molar-refractivity contribution is 0.319. The highest BCUT2D eigenvalue weighted by Gasteiger charge is 2.33. The van der Waals surface area contributed by atoms with Gasteiger partial charge in [0.05, 0.1) is 11.4 Å². The molecular weight excluding hydrogens is 280 g/mol. The van der Waals surface area contributed by atoms with E-state index in [9.17, 15) is 8.42 Å². The van der Waals surface area contributed by atoms with Crippen molar-refractivity contribution in [3.8, 4) is 0 Å². The van der Waals surface area contributed by atoms with Crippen LogP contribution in [0.2, 0.25) is 0 Å². The Morgan fingerprint density at radius 3 is 2.40 bits per heavy atom. The van der Waals surface area contributed by atoms with E-state index in [-0.39, 0.29) is 6.04 Å². The summed E-state index contributed by atoms with van der Waals surface area (Å²) in [5.41, 5.74) is 9.57. The van der Waals surface area contributed by atoms with Crippen LogP contribution < -0.4 is 0 Å². The molecule has 0 N–H and O–H groups in total. The van der Waals surface area contributed by atoms with Crippen molar-refractivity contribution >= 4 is 10.0 Å². The molecule has 0 amide bonds.